The Bertz CT molecular complexity index is 557. The van der Waals surface area contributed by atoms with Crippen LogP contribution in [0.3, 0.4) is 0 Å². The molecular weight excluding hydrogens is 302 g/mol. The molecule has 22 heavy (non-hydrogen) atoms. The smallest absolute Gasteiger partial charge is 0.187 e. The predicted octanol–water partition coefficient (Wildman–Crippen LogP) is 1.77. The van der Waals surface area contributed by atoms with Crippen molar-refractivity contribution < 1.29 is 14.6 Å². The molecular formula is C15H21N3O3S. The lowest BCUT2D eigenvalue weighted by Crippen LogP contribution is -2.37. The van der Waals surface area contributed by atoms with Gasteiger partial charge in [0.1, 0.15) is 11.5 Å². The van der Waals surface area contributed by atoms with Gasteiger partial charge >= 0.3 is 0 Å². The fourth-order valence-electron chi connectivity index (χ4n) is 2.19. The summed E-state index contributed by atoms with van der Waals surface area (Å²) in [6.45, 7) is 3.28. The minimum absolute atomic E-state index is 0.112. The van der Waals surface area contributed by atoms with E-state index in [0.29, 0.717) is 28.7 Å². The third kappa shape index (κ3) is 4.57. The Morgan fingerprint density at radius 1 is 1.55 bits per heavy atom. The van der Waals surface area contributed by atoms with Crippen molar-refractivity contribution in [3.63, 3.8) is 0 Å². The van der Waals surface area contributed by atoms with Gasteiger partial charge in [0.15, 0.2) is 5.11 Å². The lowest BCUT2D eigenvalue weighted by Gasteiger charge is -2.12. The third-order valence-corrected chi connectivity index (χ3v) is 3.67. The number of thiocarbonyl (C=S) groups is 1. The Hall–Kier alpha value is -1.86. The number of nitrogens with one attached hydrogen (secondary N) is 2. The SMILES string of the molecule is COc1ccc(/C(C)=N/NC(=S)NCC2CCCO2)c(O)c1. The van der Waals surface area contributed by atoms with E-state index in [1.165, 1.54) is 0 Å². The van der Waals surface area contributed by atoms with Gasteiger partial charge < -0.3 is 19.9 Å². The highest BCUT2D eigenvalue weighted by Crippen LogP contribution is 2.23. The maximum Gasteiger partial charge on any atom is 0.187 e. The molecule has 7 heteroatoms. The molecule has 0 bridgehead atoms. The summed E-state index contributed by atoms with van der Waals surface area (Å²) in [6.07, 6.45) is 2.37. The number of hydrazone groups is 1. The number of hydrogen-bond acceptors (Lipinski definition) is 5. The minimum atomic E-state index is 0.112. The molecule has 6 nitrogen and oxygen atoms in total. The second-order valence-electron chi connectivity index (χ2n) is 5.04. The molecule has 1 saturated heterocycles. The Kier molecular flexibility index (Phi) is 5.97. The average molecular weight is 323 g/mol. The normalized spacial score (nSPS) is 18.1. The molecule has 0 spiro atoms. The summed E-state index contributed by atoms with van der Waals surface area (Å²) in [5.74, 6) is 0.705. The van der Waals surface area contributed by atoms with Crippen LogP contribution in [0.1, 0.15) is 25.3 Å². The van der Waals surface area contributed by atoms with Crippen molar-refractivity contribution in [1.29, 1.82) is 0 Å². The number of aromatic hydroxyl groups is 1. The molecule has 0 amide bonds. The molecule has 1 aromatic rings. The van der Waals surface area contributed by atoms with Crippen LogP contribution in [-0.2, 0) is 4.74 Å². The molecule has 1 aromatic carbocycles. The van der Waals surface area contributed by atoms with Gasteiger partial charge in [-0.3, -0.25) is 5.43 Å². The maximum absolute atomic E-state index is 9.95. The van der Waals surface area contributed by atoms with Crippen LogP contribution in [0.15, 0.2) is 23.3 Å². The molecule has 0 saturated carbocycles. The number of benzene rings is 1. The van der Waals surface area contributed by atoms with E-state index in [2.05, 4.69) is 15.8 Å². The van der Waals surface area contributed by atoms with Crippen molar-refractivity contribution in [3.8, 4) is 11.5 Å². The highest BCUT2D eigenvalue weighted by atomic mass is 32.1. The average Bonchev–Trinajstić information content (AvgIpc) is 3.03. The van der Waals surface area contributed by atoms with Crippen LogP contribution in [0.25, 0.3) is 0 Å². The second-order valence-corrected chi connectivity index (χ2v) is 5.45. The lowest BCUT2D eigenvalue weighted by atomic mass is 10.1. The van der Waals surface area contributed by atoms with Gasteiger partial charge in [-0.1, -0.05) is 0 Å². The van der Waals surface area contributed by atoms with Gasteiger partial charge in [-0.05, 0) is 44.1 Å². The van der Waals surface area contributed by atoms with Gasteiger partial charge in [0.05, 0.1) is 18.9 Å². The standard InChI is InChI=1S/C15H21N3O3S/c1-10(13-6-5-11(20-2)8-14(13)19)17-18-15(22)16-9-12-4-3-7-21-12/h5-6,8,12,19H,3-4,7,9H2,1-2H3,(H2,16,18,22)/b17-10+. The summed E-state index contributed by atoms with van der Waals surface area (Å²) in [5.41, 5.74) is 4.02. The summed E-state index contributed by atoms with van der Waals surface area (Å²) in [4.78, 5) is 0. The Balaban J connectivity index is 1.87. The Labute approximate surface area is 135 Å². The van der Waals surface area contributed by atoms with Gasteiger partial charge in [-0.2, -0.15) is 5.10 Å². The van der Waals surface area contributed by atoms with Crippen LogP contribution in [-0.4, -0.2) is 42.3 Å². The van der Waals surface area contributed by atoms with Crippen molar-refractivity contribution in [3.05, 3.63) is 23.8 Å². The first-order chi connectivity index (χ1) is 10.6. The van der Waals surface area contributed by atoms with Crippen LogP contribution in [0, 0.1) is 0 Å². The van der Waals surface area contributed by atoms with Gasteiger partial charge in [-0.25, -0.2) is 0 Å². The quantitative estimate of drug-likeness (QED) is 0.436. The molecule has 1 unspecified atom stereocenters. The molecule has 1 aliphatic heterocycles. The summed E-state index contributed by atoms with van der Waals surface area (Å²) < 4.78 is 10.6. The zero-order chi connectivity index (χ0) is 15.9. The largest absolute Gasteiger partial charge is 0.507 e. The van der Waals surface area contributed by atoms with Crippen molar-refractivity contribution >= 4 is 23.0 Å². The van der Waals surface area contributed by atoms with Crippen LogP contribution in [0.4, 0.5) is 0 Å². The minimum Gasteiger partial charge on any atom is -0.507 e. The van der Waals surface area contributed by atoms with E-state index in [1.807, 2.05) is 0 Å². The highest BCUT2D eigenvalue weighted by Gasteiger charge is 2.15. The third-order valence-electron chi connectivity index (χ3n) is 3.43. The van der Waals surface area contributed by atoms with E-state index >= 15 is 0 Å². The predicted molar refractivity (Wildman–Crippen MR) is 89.6 cm³/mol. The molecule has 1 aliphatic rings. The van der Waals surface area contributed by atoms with Gasteiger partial charge in [0.2, 0.25) is 0 Å². The molecule has 1 fully saturated rings. The maximum atomic E-state index is 9.95. The van der Waals surface area contributed by atoms with Gasteiger partial charge in [0.25, 0.3) is 0 Å². The number of rotatable bonds is 5. The molecule has 1 heterocycles. The Morgan fingerprint density at radius 2 is 2.36 bits per heavy atom. The number of phenols is 1. The molecule has 2 rings (SSSR count). The van der Waals surface area contributed by atoms with E-state index in [-0.39, 0.29) is 11.9 Å². The van der Waals surface area contributed by atoms with Crippen LogP contribution < -0.4 is 15.5 Å². The zero-order valence-electron chi connectivity index (χ0n) is 12.8. The van der Waals surface area contributed by atoms with E-state index < -0.39 is 0 Å². The van der Waals surface area contributed by atoms with Crippen LogP contribution >= 0.6 is 12.2 Å². The fourth-order valence-corrected chi connectivity index (χ4v) is 2.32. The lowest BCUT2D eigenvalue weighted by molar-refractivity contribution is 0.114. The molecule has 0 radical (unpaired) electrons. The van der Waals surface area contributed by atoms with E-state index in [1.54, 1.807) is 32.2 Å². The fraction of sp³-hybridized carbons (Fsp3) is 0.467. The summed E-state index contributed by atoms with van der Waals surface area (Å²) in [7, 11) is 1.55. The van der Waals surface area contributed by atoms with Crippen LogP contribution in [0.5, 0.6) is 11.5 Å². The zero-order valence-corrected chi connectivity index (χ0v) is 13.6. The van der Waals surface area contributed by atoms with Gasteiger partial charge in [0, 0.05) is 24.8 Å². The highest BCUT2D eigenvalue weighted by molar-refractivity contribution is 7.80. The van der Waals surface area contributed by atoms with Crippen LogP contribution in [0.2, 0.25) is 0 Å². The monoisotopic (exact) mass is 323 g/mol. The number of ether oxygens (including phenoxy) is 2. The van der Waals surface area contributed by atoms with Crippen molar-refractivity contribution in [1.82, 2.24) is 10.7 Å². The molecule has 0 aliphatic carbocycles. The van der Waals surface area contributed by atoms with E-state index in [0.717, 1.165) is 19.4 Å². The number of methoxy groups -OCH3 is 1. The number of nitrogens with zero attached hydrogens (tertiary/aromatic N) is 1. The van der Waals surface area contributed by atoms with Crippen molar-refractivity contribution in [2.24, 2.45) is 5.10 Å². The van der Waals surface area contributed by atoms with E-state index in [4.69, 9.17) is 21.7 Å². The molecule has 3 N–H and O–H groups in total. The summed E-state index contributed by atoms with van der Waals surface area (Å²) in [5, 5.41) is 17.6. The number of phenolic OH excluding ortho intramolecular Hbond substituents is 1. The molecule has 1 atom stereocenters. The second kappa shape index (κ2) is 7.95. The van der Waals surface area contributed by atoms with E-state index in [9.17, 15) is 5.11 Å². The first-order valence-corrected chi connectivity index (χ1v) is 7.58. The van der Waals surface area contributed by atoms with Crippen molar-refractivity contribution in [2.45, 2.75) is 25.9 Å². The first kappa shape index (κ1) is 16.5. The first-order valence-electron chi connectivity index (χ1n) is 7.17. The van der Waals surface area contributed by atoms with Crippen molar-refractivity contribution in [2.75, 3.05) is 20.3 Å². The summed E-state index contributed by atoms with van der Waals surface area (Å²) in [6, 6.07) is 5.06. The Morgan fingerprint density at radius 3 is 3.00 bits per heavy atom. The number of hydrogen-bond donors (Lipinski definition) is 3. The molecule has 120 valence electrons. The summed E-state index contributed by atoms with van der Waals surface area (Å²) >= 11 is 5.16. The topological polar surface area (TPSA) is 75.1 Å². The molecule has 0 aromatic heterocycles. The van der Waals surface area contributed by atoms with Gasteiger partial charge in [-0.15, -0.1) is 0 Å².